The third kappa shape index (κ3) is 3.49. The lowest BCUT2D eigenvalue weighted by atomic mass is 10.1. The summed E-state index contributed by atoms with van der Waals surface area (Å²) in [4.78, 5) is 3.95. The second-order valence-electron chi connectivity index (χ2n) is 5.04. The van der Waals surface area contributed by atoms with E-state index in [1.165, 1.54) is 0 Å². The second kappa shape index (κ2) is 7.05. The number of hydrogen-bond donors (Lipinski definition) is 0. The van der Waals surface area contributed by atoms with Gasteiger partial charge in [0, 0.05) is 24.6 Å². The van der Waals surface area contributed by atoms with Crippen molar-refractivity contribution < 1.29 is 9.47 Å². The molecule has 0 aliphatic carbocycles. The summed E-state index contributed by atoms with van der Waals surface area (Å²) in [5, 5.41) is 1.24. The van der Waals surface area contributed by atoms with Crippen molar-refractivity contribution in [1.29, 1.82) is 0 Å². The van der Waals surface area contributed by atoms with Crippen LogP contribution in [0.1, 0.15) is 12.8 Å². The van der Waals surface area contributed by atoms with Gasteiger partial charge in [0.2, 0.25) is 0 Å². The Morgan fingerprint density at radius 3 is 2.59 bits per heavy atom. The van der Waals surface area contributed by atoms with Crippen LogP contribution in [-0.2, 0) is 4.74 Å². The molecule has 22 heavy (non-hydrogen) atoms. The third-order valence-corrected chi connectivity index (χ3v) is 4.61. The van der Waals surface area contributed by atoms with Gasteiger partial charge in [0.05, 0.1) is 23.3 Å². The average Bonchev–Trinajstić information content (AvgIpc) is 2.53. The van der Waals surface area contributed by atoms with Gasteiger partial charge in [0.25, 0.3) is 0 Å². The molecule has 0 amide bonds. The Hall–Kier alpha value is -1.00. The van der Waals surface area contributed by atoms with E-state index in [9.17, 15) is 0 Å². The highest BCUT2D eigenvalue weighted by Crippen LogP contribution is 2.36. The van der Waals surface area contributed by atoms with Crippen LogP contribution < -0.4 is 4.74 Å². The van der Waals surface area contributed by atoms with Crippen LogP contribution in [0.3, 0.4) is 0 Å². The molecule has 0 atom stereocenters. The van der Waals surface area contributed by atoms with Crippen molar-refractivity contribution in [3.05, 3.63) is 45.7 Å². The number of pyridine rings is 1. The highest BCUT2D eigenvalue weighted by molar-refractivity contribution is 6.43. The Bertz CT molecular complexity index is 672. The fourth-order valence-electron chi connectivity index (χ4n) is 2.38. The number of nitrogens with zero attached hydrogens (tertiary/aromatic N) is 1. The van der Waals surface area contributed by atoms with Crippen molar-refractivity contribution in [1.82, 2.24) is 4.98 Å². The third-order valence-electron chi connectivity index (χ3n) is 3.55. The van der Waals surface area contributed by atoms with Crippen molar-refractivity contribution in [2.24, 2.45) is 0 Å². The minimum atomic E-state index is 0.149. The molecule has 0 radical (unpaired) electrons. The van der Waals surface area contributed by atoms with Gasteiger partial charge in [-0.25, -0.2) is 4.98 Å². The zero-order chi connectivity index (χ0) is 15.5. The standard InChI is InChI=1S/C16H14Cl3NO2/c17-13-9-10(12-3-6-20-16(19)15(12)18)1-2-14(13)22-11-4-7-21-8-5-11/h1-3,6,9,11H,4-5,7-8H2. The molecule has 1 aliphatic rings. The average molecular weight is 359 g/mol. The Kier molecular flexibility index (Phi) is 5.09. The summed E-state index contributed by atoms with van der Waals surface area (Å²) in [7, 11) is 0. The normalized spacial score (nSPS) is 15.8. The summed E-state index contributed by atoms with van der Waals surface area (Å²) in [5.41, 5.74) is 1.67. The molecule has 1 aromatic heterocycles. The molecular formula is C16H14Cl3NO2. The van der Waals surface area contributed by atoms with E-state index in [-0.39, 0.29) is 11.3 Å². The van der Waals surface area contributed by atoms with Crippen molar-refractivity contribution in [3.8, 4) is 16.9 Å². The molecule has 2 heterocycles. The number of rotatable bonds is 3. The van der Waals surface area contributed by atoms with Gasteiger partial charge in [-0.3, -0.25) is 0 Å². The maximum absolute atomic E-state index is 6.34. The van der Waals surface area contributed by atoms with Crippen molar-refractivity contribution in [3.63, 3.8) is 0 Å². The molecule has 2 aromatic rings. The van der Waals surface area contributed by atoms with Crippen LogP contribution in [0.2, 0.25) is 15.2 Å². The molecule has 0 saturated carbocycles. The van der Waals surface area contributed by atoms with E-state index in [4.69, 9.17) is 44.3 Å². The Morgan fingerprint density at radius 1 is 1.09 bits per heavy atom. The predicted octanol–water partition coefficient (Wildman–Crippen LogP) is 5.27. The highest BCUT2D eigenvalue weighted by atomic mass is 35.5. The van der Waals surface area contributed by atoms with Gasteiger partial charge in [0.15, 0.2) is 0 Å². The van der Waals surface area contributed by atoms with E-state index < -0.39 is 0 Å². The molecule has 1 aliphatic heterocycles. The van der Waals surface area contributed by atoms with E-state index in [0.29, 0.717) is 15.8 Å². The van der Waals surface area contributed by atoms with Crippen LogP contribution in [-0.4, -0.2) is 24.3 Å². The molecule has 3 nitrogen and oxygen atoms in total. The minimum absolute atomic E-state index is 0.149. The molecule has 0 unspecified atom stereocenters. The van der Waals surface area contributed by atoms with E-state index in [0.717, 1.165) is 37.2 Å². The van der Waals surface area contributed by atoms with Crippen LogP contribution in [0.5, 0.6) is 5.75 Å². The quantitative estimate of drug-likeness (QED) is 0.701. The highest BCUT2D eigenvalue weighted by Gasteiger charge is 2.17. The number of ether oxygens (including phenoxy) is 2. The summed E-state index contributed by atoms with van der Waals surface area (Å²) < 4.78 is 11.3. The first-order valence-corrected chi connectivity index (χ1v) is 8.13. The van der Waals surface area contributed by atoms with Crippen LogP contribution in [0.4, 0.5) is 0 Å². The second-order valence-corrected chi connectivity index (χ2v) is 6.18. The van der Waals surface area contributed by atoms with Crippen LogP contribution in [0.15, 0.2) is 30.5 Å². The van der Waals surface area contributed by atoms with Gasteiger partial charge in [-0.15, -0.1) is 0 Å². The van der Waals surface area contributed by atoms with Gasteiger partial charge < -0.3 is 9.47 Å². The fourth-order valence-corrected chi connectivity index (χ4v) is 2.98. The zero-order valence-electron chi connectivity index (χ0n) is 11.7. The van der Waals surface area contributed by atoms with Crippen LogP contribution >= 0.6 is 34.8 Å². The molecular weight excluding hydrogens is 345 g/mol. The summed E-state index contributed by atoms with van der Waals surface area (Å²) in [6.45, 7) is 1.46. The van der Waals surface area contributed by atoms with Crippen molar-refractivity contribution >= 4 is 34.8 Å². The molecule has 6 heteroatoms. The first kappa shape index (κ1) is 15.9. The summed E-state index contributed by atoms with van der Waals surface area (Å²) in [6, 6.07) is 7.41. The Morgan fingerprint density at radius 2 is 1.86 bits per heavy atom. The molecule has 1 aromatic carbocycles. The molecule has 0 bridgehead atoms. The number of benzene rings is 1. The predicted molar refractivity (Wildman–Crippen MR) is 89.2 cm³/mol. The number of halogens is 3. The maximum Gasteiger partial charge on any atom is 0.148 e. The van der Waals surface area contributed by atoms with Crippen LogP contribution in [0.25, 0.3) is 11.1 Å². The zero-order valence-corrected chi connectivity index (χ0v) is 14.0. The van der Waals surface area contributed by atoms with E-state index >= 15 is 0 Å². The minimum Gasteiger partial charge on any atom is -0.489 e. The number of hydrogen-bond acceptors (Lipinski definition) is 3. The summed E-state index contributed by atoms with van der Waals surface area (Å²) in [6.07, 6.45) is 3.52. The Balaban J connectivity index is 1.84. The lowest BCUT2D eigenvalue weighted by Gasteiger charge is -2.24. The van der Waals surface area contributed by atoms with Crippen molar-refractivity contribution in [2.75, 3.05) is 13.2 Å². The van der Waals surface area contributed by atoms with Crippen molar-refractivity contribution in [2.45, 2.75) is 18.9 Å². The van der Waals surface area contributed by atoms with Gasteiger partial charge in [-0.2, -0.15) is 0 Å². The molecule has 3 rings (SSSR count). The lowest BCUT2D eigenvalue weighted by Crippen LogP contribution is -2.25. The lowest BCUT2D eigenvalue weighted by molar-refractivity contribution is 0.0256. The maximum atomic E-state index is 6.34. The van der Waals surface area contributed by atoms with Gasteiger partial charge in [-0.05, 0) is 23.8 Å². The topological polar surface area (TPSA) is 31.4 Å². The van der Waals surface area contributed by atoms with Gasteiger partial charge in [0.1, 0.15) is 17.0 Å². The first-order valence-electron chi connectivity index (χ1n) is 6.99. The van der Waals surface area contributed by atoms with Gasteiger partial charge in [-0.1, -0.05) is 40.9 Å². The van der Waals surface area contributed by atoms with E-state index in [1.807, 2.05) is 18.2 Å². The van der Waals surface area contributed by atoms with Crippen LogP contribution in [0, 0.1) is 0 Å². The number of aromatic nitrogens is 1. The molecule has 116 valence electrons. The molecule has 1 saturated heterocycles. The largest absolute Gasteiger partial charge is 0.489 e. The van der Waals surface area contributed by atoms with E-state index in [2.05, 4.69) is 4.98 Å². The molecule has 0 N–H and O–H groups in total. The monoisotopic (exact) mass is 357 g/mol. The SMILES string of the molecule is Clc1cc(-c2ccnc(Cl)c2Cl)ccc1OC1CCOCC1. The van der Waals surface area contributed by atoms with E-state index in [1.54, 1.807) is 12.3 Å². The summed E-state index contributed by atoms with van der Waals surface area (Å²) in [5.74, 6) is 0.675. The molecule has 1 fully saturated rings. The smallest absolute Gasteiger partial charge is 0.148 e. The van der Waals surface area contributed by atoms with Gasteiger partial charge >= 0.3 is 0 Å². The Labute approximate surface area is 144 Å². The summed E-state index contributed by atoms with van der Waals surface area (Å²) >= 11 is 18.5. The fraction of sp³-hybridized carbons (Fsp3) is 0.312. The first-order chi connectivity index (χ1) is 10.6. The molecule has 0 spiro atoms.